The smallest absolute Gasteiger partial charge is 0.166 e. The second kappa shape index (κ2) is 4.24. The van der Waals surface area contributed by atoms with Gasteiger partial charge in [-0.2, -0.15) is 0 Å². The van der Waals surface area contributed by atoms with Crippen molar-refractivity contribution in [2.75, 3.05) is 13.6 Å². The highest BCUT2D eigenvalue weighted by atomic mass is 16.5. The molecule has 0 radical (unpaired) electrons. The fourth-order valence-electron chi connectivity index (χ4n) is 6.65. The lowest BCUT2D eigenvalue weighted by Gasteiger charge is -2.64. The fourth-order valence-corrected chi connectivity index (χ4v) is 6.65. The minimum Gasteiger partial charge on any atom is -0.504 e. The number of piperidine rings is 1. The minimum atomic E-state index is -1.08. The van der Waals surface area contributed by atoms with Gasteiger partial charge in [0.1, 0.15) is 11.2 Å². The maximum Gasteiger partial charge on any atom is 0.166 e. The molecule has 1 spiro atoms. The molecule has 5 rings (SSSR count). The van der Waals surface area contributed by atoms with Crippen LogP contribution in [0.3, 0.4) is 0 Å². The van der Waals surface area contributed by atoms with Gasteiger partial charge in [0.15, 0.2) is 11.5 Å². The highest BCUT2D eigenvalue weighted by Gasteiger charge is 2.75. The van der Waals surface area contributed by atoms with Gasteiger partial charge in [-0.1, -0.05) is 11.6 Å². The molecular formula is C21H27NO3. The predicted molar refractivity (Wildman–Crippen MR) is 96.0 cm³/mol. The summed E-state index contributed by atoms with van der Waals surface area (Å²) in [6.45, 7) is 9.17. The van der Waals surface area contributed by atoms with Crippen LogP contribution in [0.25, 0.3) is 0 Å². The average molecular weight is 341 g/mol. The Morgan fingerprint density at radius 3 is 2.68 bits per heavy atom. The van der Waals surface area contributed by atoms with Crippen LogP contribution in [0.5, 0.6) is 11.5 Å². The molecule has 2 bridgehead atoms. The molecular weight excluding hydrogens is 314 g/mol. The molecule has 1 aromatic carbocycles. The van der Waals surface area contributed by atoms with Crippen molar-refractivity contribution in [3.05, 3.63) is 34.4 Å². The van der Waals surface area contributed by atoms with Crippen molar-refractivity contribution in [1.29, 1.82) is 0 Å². The van der Waals surface area contributed by atoms with Crippen LogP contribution < -0.4 is 4.74 Å². The molecule has 0 unspecified atom stereocenters. The predicted octanol–water partition coefficient (Wildman–Crippen LogP) is 2.76. The quantitative estimate of drug-likeness (QED) is 0.713. The van der Waals surface area contributed by atoms with E-state index in [1.807, 2.05) is 13.8 Å². The minimum absolute atomic E-state index is 0.200. The zero-order valence-corrected chi connectivity index (χ0v) is 15.7. The number of aliphatic hydroxyl groups is 1. The average Bonchev–Trinajstić information content (AvgIpc) is 2.85. The fraction of sp³-hybridized carbons (Fsp3) is 0.619. The first-order chi connectivity index (χ1) is 11.7. The molecule has 25 heavy (non-hydrogen) atoms. The molecule has 2 aliphatic carbocycles. The van der Waals surface area contributed by atoms with Gasteiger partial charge in [-0.15, -0.1) is 0 Å². The number of benzene rings is 1. The SMILES string of the molecule is CC1=C(C)[C@](C)(O)[C@]2(C)Oc3c(O)ccc4c3[C@@]23CCN(C)[C@H](C4)[C@H]13. The summed E-state index contributed by atoms with van der Waals surface area (Å²) in [7, 11) is 2.21. The van der Waals surface area contributed by atoms with E-state index in [-0.39, 0.29) is 11.2 Å². The normalized spacial score (nSPS) is 44.6. The van der Waals surface area contributed by atoms with E-state index < -0.39 is 11.2 Å². The number of rotatable bonds is 0. The molecule has 1 saturated heterocycles. The van der Waals surface area contributed by atoms with Gasteiger partial charge in [0.2, 0.25) is 0 Å². The Kier molecular flexibility index (Phi) is 2.66. The Morgan fingerprint density at radius 2 is 1.96 bits per heavy atom. The largest absolute Gasteiger partial charge is 0.504 e. The maximum absolute atomic E-state index is 11.6. The van der Waals surface area contributed by atoms with Crippen LogP contribution in [0.2, 0.25) is 0 Å². The van der Waals surface area contributed by atoms with E-state index in [1.54, 1.807) is 6.07 Å². The summed E-state index contributed by atoms with van der Waals surface area (Å²) < 4.78 is 6.51. The number of ether oxygens (including phenoxy) is 1. The highest BCUT2D eigenvalue weighted by molar-refractivity contribution is 5.65. The summed E-state index contributed by atoms with van der Waals surface area (Å²) in [6, 6.07) is 4.22. The van der Waals surface area contributed by atoms with Crippen LogP contribution in [0.4, 0.5) is 0 Å². The van der Waals surface area contributed by atoms with Gasteiger partial charge in [0.25, 0.3) is 0 Å². The number of phenolic OH excluding ortho intramolecular Hbond substituents is 1. The molecule has 0 amide bonds. The summed E-state index contributed by atoms with van der Waals surface area (Å²) in [6.07, 6.45) is 1.91. The Hall–Kier alpha value is -1.52. The first kappa shape index (κ1) is 15.7. The van der Waals surface area contributed by atoms with E-state index in [0.29, 0.717) is 17.7 Å². The summed E-state index contributed by atoms with van der Waals surface area (Å²) in [5.41, 5.74) is 2.62. The second-order valence-corrected chi connectivity index (χ2v) is 8.91. The summed E-state index contributed by atoms with van der Waals surface area (Å²) in [5, 5.41) is 22.2. The van der Waals surface area contributed by atoms with Crippen LogP contribution in [-0.4, -0.2) is 45.9 Å². The molecule has 0 aromatic heterocycles. The molecule has 2 N–H and O–H groups in total. The Balaban J connectivity index is 1.94. The van der Waals surface area contributed by atoms with Gasteiger partial charge in [-0.25, -0.2) is 0 Å². The Labute approximate surface area is 149 Å². The number of phenols is 1. The lowest BCUT2D eigenvalue weighted by atomic mass is 9.44. The standard InChI is InChI=1S/C21H27NO3/c1-11-12(2)19(3,24)20(4)21-8-9-22(5)14(16(11)21)10-13-6-7-15(23)18(25-20)17(13)21/h6-7,14,16,23-24H,8-10H2,1-5H3/t14-,16+,19+,20+,21+/m1/s1. The summed E-state index contributed by atoms with van der Waals surface area (Å²) in [5.74, 6) is 1.12. The summed E-state index contributed by atoms with van der Waals surface area (Å²) >= 11 is 0. The Bertz CT molecular complexity index is 842. The van der Waals surface area contributed by atoms with E-state index >= 15 is 0 Å². The molecule has 4 heteroatoms. The number of aromatic hydroxyl groups is 1. The van der Waals surface area contributed by atoms with E-state index in [2.05, 4.69) is 31.9 Å². The lowest BCUT2D eigenvalue weighted by Crippen LogP contribution is -2.75. The van der Waals surface area contributed by atoms with Crippen molar-refractivity contribution >= 4 is 0 Å². The number of likely N-dealkylation sites (tertiary alicyclic amines) is 1. The third-order valence-corrected chi connectivity index (χ3v) is 8.31. The van der Waals surface area contributed by atoms with E-state index in [4.69, 9.17) is 4.74 Å². The van der Waals surface area contributed by atoms with Gasteiger partial charge < -0.3 is 19.8 Å². The number of hydrogen-bond donors (Lipinski definition) is 2. The van der Waals surface area contributed by atoms with Crippen LogP contribution in [-0.2, 0) is 11.8 Å². The lowest BCUT2D eigenvalue weighted by molar-refractivity contribution is -0.164. The van der Waals surface area contributed by atoms with Crippen molar-refractivity contribution in [3.8, 4) is 11.5 Å². The maximum atomic E-state index is 11.6. The first-order valence-corrected chi connectivity index (χ1v) is 9.31. The number of likely N-dealkylation sites (N-methyl/N-ethyl adjacent to an activating group) is 1. The summed E-state index contributed by atoms with van der Waals surface area (Å²) in [4.78, 5) is 2.47. The third-order valence-electron chi connectivity index (χ3n) is 8.31. The van der Waals surface area contributed by atoms with Gasteiger partial charge >= 0.3 is 0 Å². The molecule has 1 aromatic rings. The monoisotopic (exact) mass is 341 g/mol. The van der Waals surface area contributed by atoms with Crippen molar-refractivity contribution in [3.63, 3.8) is 0 Å². The van der Waals surface area contributed by atoms with Gasteiger partial charge in [-0.05, 0) is 71.3 Å². The van der Waals surface area contributed by atoms with E-state index in [1.165, 1.54) is 11.1 Å². The third kappa shape index (κ3) is 1.39. The molecule has 5 atom stereocenters. The van der Waals surface area contributed by atoms with Crippen LogP contribution >= 0.6 is 0 Å². The van der Waals surface area contributed by atoms with E-state index in [9.17, 15) is 10.2 Å². The molecule has 1 fully saturated rings. The van der Waals surface area contributed by atoms with Crippen molar-refractivity contribution in [2.24, 2.45) is 5.92 Å². The topological polar surface area (TPSA) is 52.9 Å². The van der Waals surface area contributed by atoms with Crippen molar-refractivity contribution in [2.45, 2.75) is 63.2 Å². The van der Waals surface area contributed by atoms with Gasteiger partial charge in [-0.3, -0.25) is 0 Å². The van der Waals surface area contributed by atoms with Gasteiger partial charge in [0, 0.05) is 17.5 Å². The Morgan fingerprint density at radius 1 is 1.24 bits per heavy atom. The van der Waals surface area contributed by atoms with Crippen LogP contribution in [0.15, 0.2) is 23.3 Å². The molecule has 134 valence electrons. The highest BCUT2D eigenvalue weighted by Crippen LogP contribution is 2.70. The van der Waals surface area contributed by atoms with Crippen LogP contribution in [0.1, 0.15) is 45.2 Å². The molecule has 2 aliphatic heterocycles. The van der Waals surface area contributed by atoms with Gasteiger partial charge in [0.05, 0.1) is 5.41 Å². The van der Waals surface area contributed by atoms with E-state index in [0.717, 1.165) is 30.5 Å². The van der Waals surface area contributed by atoms with Crippen LogP contribution in [0, 0.1) is 5.92 Å². The molecule has 4 nitrogen and oxygen atoms in total. The number of hydrogen-bond acceptors (Lipinski definition) is 4. The second-order valence-electron chi connectivity index (χ2n) is 8.91. The molecule has 4 aliphatic rings. The zero-order valence-electron chi connectivity index (χ0n) is 15.7. The number of nitrogens with zero attached hydrogens (tertiary/aromatic N) is 1. The first-order valence-electron chi connectivity index (χ1n) is 9.31. The molecule has 2 heterocycles. The van der Waals surface area contributed by atoms with Crippen molar-refractivity contribution < 1.29 is 14.9 Å². The van der Waals surface area contributed by atoms with Crippen molar-refractivity contribution in [1.82, 2.24) is 4.90 Å². The zero-order chi connectivity index (χ0) is 17.9. The molecule has 0 saturated carbocycles.